The molecule has 0 heterocycles. The molecule has 0 amide bonds. The molecule has 0 bridgehead atoms. The maximum absolute atomic E-state index is 13.1. The largest absolute Gasteiger partial charge is 0.431 e. The first-order valence-electron chi connectivity index (χ1n) is 6.79. The lowest BCUT2D eigenvalue weighted by molar-refractivity contribution is -0.164. The molecule has 0 spiro atoms. The van der Waals surface area contributed by atoms with Gasteiger partial charge in [-0.3, -0.25) is 4.55 Å². The van der Waals surface area contributed by atoms with Crippen molar-refractivity contribution in [1.29, 1.82) is 0 Å². The van der Waals surface area contributed by atoms with Gasteiger partial charge in [-0.2, -0.15) is 26.0 Å². The van der Waals surface area contributed by atoms with E-state index in [1.807, 2.05) is 0 Å². The third kappa shape index (κ3) is 5.95. The van der Waals surface area contributed by atoms with Crippen LogP contribution in [0.5, 0.6) is 0 Å². The molecule has 0 radical (unpaired) electrons. The number of halogens is 4. The minimum absolute atomic E-state index is 0.202. The molecule has 0 aromatic heterocycles. The van der Waals surface area contributed by atoms with E-state index in [2.05, 4.69) is 6.92 Å². The quantitative estimate of drug-likeness (QED) is 0.343. The van der Waals surface area contributed by atoms with E-state index in [0.29, 0.717) is 12.8 Å². The van der Waals surface area contributed by atoms with Gasteiger partial charge in [0, 0.05) is 6.42 Å². The van der Waals surface area contributed by atoms with Crippen LogP contribution in [0.15, 0.2) is 0 Å². The van der Waals surface area contributed by atoms with Crippen LogP contribution >= 0.6 is 0 Å². The zero-order valence-electron chi connectivity index (χ0n) is 11.5. The standard InChI is InChI=1S/C12H22F4O3S/c1-2-3-4-5-6-7-8-9-10-11(13,14)12(15,16)20(17,18)19/h2-10H2,1H3,(H,17,18,19). The second-order valence-corrected chi connectivity index (χ2v) is 6.38. The van der Waals surface area contributed by atoms with Crippen LogP contribution < -0.4 is 0 Å². The SMILES string of the molecule is CCCCCCCCCCC(F)(F)C(F)(F)S(=O)(=O)O. The molecule has 8 heteroatoms. The van der Waals surface area contributed by atoms with Gasteiger partial charge in [0.15, 0.2) is 0 Å². The summed E-state index contributed by atoms with van der Waals surface area (Å²) >= 11 is 0. The fourth-order valence-electron chi connectivity index (χ4n) is 1.82. The Labute approximate surface area is 117 Å². The van der Waals surface area contributed by atoms with Gasteiger partial charge in [0.05, 0.1) is 0 Å². The summed E-state index contributed by atoms with van der Waals surface area (Å²) < 4.78 is 80.5. The van der Waals surface area contributed by atoms with Crippen LogP contribution in [0, 0.1) is 0 Å². The Morgan fingerprint density at radius 3 is 1.65 bits per heavy atom. The lowest BCUT2D eigenvalue weighted by atomic mass is 10.1. The zero-order valence-corrected chi connectivity index (χ0v) is 12.4. The fourth-order valence-corrected chi connectivity index (χ4v) is 2.29. The molecule has 0 aromatic carbocycles. The monoisotopic (exact) mass is 322 g/mol. The van der Waals surface area contributed by atoms with Crippen molar-refractivity contribution in [2.75, 3.05) is 0 Å². The highest BCUT2D eigenvalue weighted by molar-refractivity contribution is 7.87. The molecule has 0 saturated heterocycles. The van der Waals surface area contributed by atoms with Gasteiger partial charge in [-0.15, -0.1) is 0 Å². The number of hydrogen-bond acceptors (Lipinski definition) is 2. The highest BCUT2D eigenvalue weighted by atomic mass is 32.2. The van der Waals surface area contributed by atoms with Crippen molar-refractivity contribution < 1.29 is 30.5 Å². The fraction of sp³-hybridized carbons (Fsp3) is 1.00. The van der Waals surface area contributed by atoms with E-state index in [0.717, 1.165) is 32.1 Å². The van der Waals surface area contributed by atoms with Crippen LogP contribution in [0.25, 0.3) is 0 Å². The first-order chi connectivity index (χ1) is 9.06. The van der Waals surface area contributed by atoms with Gasteiger partial charge in [0.2, 0.25) is 0 Å². The molecular formula is C12H22F4O3S. The summed E-state index contributed by atoms with van der Waals surface area (Å²) in [5.41, 5.74) is 0. The first kappa shape index (κ1) is 19.6. The minimum atomic E-state index is -6.10. The van der Waals surface area contributed by atoms with E-state index in [9.17, 15) is 26.0 Å². The first-order valence-corrected chi connectivity index (χ1v) is 8.23. The van der Waals surface area contributed by atoms with E-state index in [1.54, 1.807) is 0 Å². The van der Waals surface area contributed by atoms with E-state index in [-0.39, 0.29) is 6.42 Å². The van der Waals surface area contributed by atoms with Gasteiger partial charge in [-0.05, 0) is 6.42 Å². The molecule has 0 saturated carbocycles. The topological polar surface area (TPSA) is 54.4 Å². The molecule has 3 nitrogen and oxygen atoms in total. The van der Waals surface area contributed by atoms with Crippen molar-refractivity contribution in [1.82, 2.24) is 0 Å². The van der Waals surface area contributed by atoms with Crippen molar-refractivity contribution in [2.24, 2.45) is 0 Å². The molecule has 0 fully saturated rings. The van der Waals surface area contributed by atoms with Crippen molar-refractivity contribution in [2.45, 2.75) is 75.9 Å². The Hall–Kier alpha value is -0.370. The van der Waals surface area contributed by atoms with Gasteiger partial charge >= 0.3 is 21.3 Å². The molecule has 20 heavy (non-hydrogen) atoms. The maximum atomic E-state index is 13.1. The molecular weight excluding hydrogens is 300 g/mol. The van der Waals surface area contributed by atoms with E-state index in [4.69, 9.17) is 4.55 Å². The van der Waals surface area contributed by atoms with E-state index >= 15 is 0 Å². The Kier molecular flexibility index (Phi) is 8.01. The molecule has 0 aliphatic carbocycles. The van der Waals surface area contributed by atoms with Gasteiger partial charge < -0.3 is 0 Å². The van der Waals surface area contributed by atoms with E-state index in [1.165, 1.54) is 0 Å². The summed E-state index contributed by atoms with van der Waals surface area (Å²) in [4.78, 5) is 0. The van der Waals surface area contributed by atoms with Gasteiger partial charge in [0.25, 0.3) is 0 Å². The Balaban J connectivity index is 4.01. The van der Waals surface area contributed by atoms with Gasteiger partial charge in [-0.1, -0.05) is 51.9 Å². The molecule has 0 rings (SSSR count). The maximum Gasteiger partial charge on any atom is 0.431 e. The van der Waals surface area contributed by atoms with Crippen molar-refractivity contribution in [3.63, 3.8) is 0 Å². The van der Waals surface area contributed by atoms with Crippen molar-refractivity contribution in [3.05, 3.63) is 0 Å². The second-order valence-electron chi connectivity index (χ2n) is 4.92. The van der Waals surface area contributed by atoms with Gasteiger partial charge in [-0.25, -0.2) is 0 Å². The lowest BCUT2D eigenvalue weighted by Gasteiger charge is -2.23. The predicted molar refractivity (Wildman–Crippen MR) is 68.7 cm³/mol. The highest BCUT2D eigenvalue weighted by Gasteiger charge is 2.64. The van der Waals surface area contributed by atoms with E-state index < -0.39 is 27.7 Å². The van der Waals surface area contributed by atoms with Crippen molar-refractivity contribution >= 4 is 10.1 Å². The summed E-state index contributed by atoms with van der Waals surface area (Å²) in [5.74, 6) is -4.75. The Bertz CT molecular complexity index is 369. The normalized spacial score (nSPS) is 13.7. The molecule has 122 valence electrons. The molecule has 0 aliphatic rings. The Morgan fingerprint density at radius 1 is 0.850 bits per heavy atom. The minimum Gasteiger partial charge on any atom is -0.281 e. The third-order valence-corrected chi connectivity index (χ3v) is 4.04. The number of alkyl halides is 4. The lowest BCUT2D eigenvalue weighted by Crippen LogP contribution is -2.46. The highest BCUT2D eigenvalue weighted by Crippen LogP contribution is 2.41. The van der Waals surface area contributed by atoms with Crippen LogP contribution in [0.1, 0.15) is 64.7 Å². The molecule has 1 N–H and O–H groups in total. The molecule has 0 atom stereocenters. The number of unbranched alkanes of at least 4 members (excludes halogenated alkanes) is 7. The van der Waals surface area contributed by atoms with Crippen LogP contribution in [-0.4, -0.2) is 24.1 Å². The average molecular weight is 322 g/mol. The molecule has 0 unspecified atom stereocenters. The second kappa shape index (κ2) is 8.17. The predicted octanol–water partition coefficient (Wildman–Crippen LogP) is 4.63. The van der Waals surface area contributed by atoms with Gasteiger partial charge in [0.1, 0.15) is 0 Å². The number of rotatable bonds is 11. The number of hydrogen-bond donors (Lipinski definition) is 1. The summed E-state index contributed by atoms with van der Waals surface area (Å²) in [6.07, 6.45) is 4.62. The third-order valence-electron chi connectivity index (χ3n) is 3.09. The summed E-state index contributed by atoms with van der Waals surface area (Å²) in [7, 11) is -6.10. The summed E-state index contributed by atoms with van der Waals surface area (Å²) in [5, 5.41) is -5.43. The summed E-state index contributed by atoms with van der Waals surface area (Å²) in [6, 6.07) is 0. The van der Waals surface area contributed by atoms with Crippen LogP contribution in [-0.2, 0) is 10.1 Å². The zero-order chi connectivity index (χ0) is 15.9. The molecule has 0 aliphatic heterocycles. The molecule has 0 aromatic rings. The smallest absolute Gasteiger partial charge is 0.281 e. The Morgan fingerprint density at radius 2 is 1.25 bits per heavy atom. The van der Waals surface area contributed by atoms with Crippen LogP contribution in [0.4, 0.5) is 17.6 Å². The van der Waals surface area contributed by atoms with Crippen LogP contribution in [0.3, 0.4) is 0 Å². The summed E-state index contributed by atoms with van der Waals surface area (Å²) in [6.45, 7) is 2.07. The van der Waals surface area contributed by atoms with Crippen molar-refractivity contribution in [3.8, 4) is 0 Å². The average Bonchev–Trinajstić information content (AvgIpc) is 2.31. The van der Waals surface area contributed by atoms with Crippen LogP contribution in [0.2, 0.25) is 0 Å².